The lowest BCUT2D eigenvalue weighted by molar-refractivity contribution is 1.37. The number of allylic oxidation sites excluding steroid dienone is 8. The highest BCUT2D eigenvalue weighted by Crippen LogP contribution is 2.13. The van der Waals surface area contributed by atoms with Gasteiger partial charge in [0.25, 0.3) is 0 Å². The van der Waals surface area contributed by atoms with Crippen LogP contribution in [-0.4, -0.2) is 0 Å². The summed E-state index contributed by atoms with van der Waals surface area (Å²) in [5, 5.41) is 0. The van der Waals surface area contributed by atoms with E-state index in [1.807, 2.05) is 26.0 Å². The average Bonchev–Trinajstić information content (AvgIpc) is 2.15. The monoisotopic (exact) mass is 174 g/mol. The van der Waals surface area contributed by atoms with E-state index in [-0.39, 0.29) is 0 Å². The lowest BCUT2D eigenvalue weighted by Gasteiger charge is -2.01. The summed E-state index contributed by atoms with van der Waals surface area (Å²) in [6, 6.07) is 0. The zero-order chi connectivity index (χ0) is 10.3. The Labute approximate surface area is 81.7 Å². The molecule has 0 rings (SSSR count). The van der Waals surface area contributed by atoms with Gasteiger partial charge in [0.05, 0.1) is 0 Å². The molecule has 0 heterocycles. The standard InChI is InChI=1S/C13H18/c1-6-9-13(12(5)8-3)10-11(4)7-2/h6-10H,1-2H2,3-5H3/b11-10-,12-8-,13-9-. The largest absolute Gasteiger partial charge is 0.0990 e. The lowest BCUT2D eigenvalue weighted by atomic mass is 10.0. The maximum absolute atomic E-state index is 3.72. The zero-order valence-electron chi connectivity index (χ0n) is 8.80. The molecule has 0 saturated heterocycles. The summed E-state index contributed by atoms with van der Waals surface area (Å²) in [5.41, 5.74) is 3.60. The van der Waals surface area contributed by atoms with E-state index in [2.05, 4.69) is 32.2 Å². The van der Waals surface area contributed by atoms with Crippen LogP contribution in [0.1, 0.15) is 20.8 Å². The predicted octanol–water partition coefficient (Wildman–Crippen LogP) is 4.20. The first-order chi connectivity index (χ1) is 6.15. The maximum Gasteiger partial charge on any atom is -0.0228 e. The third-order valence-electron chi connectivity index (χ3n) is 1.89. The van der Waals surface area contributed by atoms with Gasteiger partial charge in [-0.05, 0) is 31.9 Å². The molecule has 0 unspecified atom stereocenters. The van der Waals surface area contributed by atoms with Gasteiger partial charge in [0.15, 0.2) is 0 Å². The summed E-state index contributed by atoms with van der Waals surface area (Å²) in [6.07, 6.45) is 9.84. The van der Waals surface area contributed by atoms with E-state index in [4.69, 9.17) is 0 Å². The van der Waals surface area contributed by atoms with E-state index < -0.39 is 0 Å². The van der Waals surface area contributed by atoms with Crippen molar-refractivity contribution in [3.05, 3.63) is 60.3 Å². The molecule has 0 aromatic rings. The molecule has 13 heavy (non-hydrogen) atoms. The molecule has 0 aliphatic rings. The van der Waals surface area contributed by atoms with Crippen molar-refractivity contribution in [1.29, 1.82) is 0 Å². The van der Waals surface area contributed by atoms with Gasteiger partial charge in [-0.2, -0.15) is 0 Å². The Bertz CT molecular complexity index is 272. The Morgan fingerprint density at radius 1 is 1.15 bits per heavy atom. The second-order valence-corrected chi connectivity index (χ2v) is 2.92. The second kappa shape index (κ2) is 6.24. The van der Waals surface area contributed by atoms with Crippen molar-refractivity contribution in [3.63, 3.8) is 0 Å². The highest BCUT2D eigenvalue weighted by Gasteiger charge is 1.93. The van der Waals surface area contributed by atoms with Crippen LogP contribution in [0.25, 0.3) is 0 Å². The molecule has 0 N–H and O–H groups in total. The summed E-state index contributed by atoms with van der Waals surface area (Å²) < 4.78 is 0. The molecule has 0 aliphatic heterocycles. The molecule has 0 heteroatoms. The molecule has 0 radical (unpaired) electrons. The summed E-state index contributed by atoms with van der Waals surface area (Å²) in [5.74, 6) is 0. The van der Waals surface area contributed by atoms with Gasteiger partial charge < -0.3 is 0 Å². The highest BCUT2D eigenvalue weighted by molar-refractivity contribution is 5.43. The Balaban J connectivity index is 4.95. The van der Waals surface area contributed by atoms with Crippen molar-refractivity contribution in [2.24, 2.45) is 0 Å². The van der Waals surface area contributed by atoms with E-state index in [1.54, 1.807) is 6.08 Å². The molecule has 0 aliphatic carbocycles. The SMILES string of the molecule is C=C/C=C(/C=C(/C)C=C)C(\C)=C/C. The summed E-state index contributed by atoms with van der Waals surface area (Å²) >= 11 is 0. The summed E-state index contributed by atoms with van der Waals surface area (Å²) in [7, 11) is 0. The van der Waals surface area contributed by atoms with Crippen molar-refractivity contribution in [3.8, 4) is 0 Å². The molecule has 0 spiro atoms. The fourth-order valence-electron chi connectivity index (χ4n) is 0.891. The number of hydrogen-bond acceptors (Lipinski definition) is 0. The van der Waals surface area contributed by atoms with Crippen molar-refractivity contribution in [1.82, 2.24) is 0 Å². The van der Waals surface area contributed by atoms with Crippen LogP contribution in [0.2, 0.25) is 0 Å². The van der Waals surface area contributed by atoms with E-state index >= 15 is 0 Å². The van der Waals surface area contributed by atoms with E-state index in [9.17, 15) is 0 Å². The molecule has 0 saturated carbocycles. The van der Waals surface area contributed by atoms with Gasteiger partial charge in [-0.3, -0.25) is 0 Å². The van der Waals surface area contributed by atoms with E-state index in [0.29, 0.717) is 0 Å². The minimum atomic E-state index is 1.16. The van der Waals surface area contributed by atoms with Crippen LogP contribution in [0.5, 0.6) is 0 Å². The minimum Gasteiger partial charge on any atom is -0.0990 e. The molecule has 0 aromatic heterocycles. The van der Waals surface area contributed by atoms with Gasteiger partial charge in [-0.25, -0.2) is 0 Å². The number of hydrogen-bond donors (Lipinski definition) is 0. The fraction of sp³-hybridized carbons (Fsp3) is 0.231. The third kappa shape index (κ3) is 4.32. The average molecular weight is 174 g/mol. The highest BCUT2D eigenvalue weighted by atomic mass is 14.0. The quantitative estimate of drug-likeness (QED) is 0.560. The third-order valence-corrected chi connectivity index (χ3v) is 1.89. The first-order valence-electron chi connectivity index (χ1n) is 4.42. The van der Waals surface area contributed by atoms with Crippen molar-refractivity contribution in [2.75, 3.05) is 0 Å². The van der Waals surface area contributed by atoms with Crippen molar-refractivity contribution in [2.45, 2.75) is 20.8 Å². The molecule has 0 amide bonds. The molecule has 70 valence electrons. The van der Waals surface area contributed by atoms with Crippen LogP contribution in [-0.2, 0) is 0 Å². The first-order valence-corrected chi connectivity index (χ1v) is 4.42. The van der Waals surface area contributed by atoms with Crippen LogP contribution in [0, 0.1) is 0 Å². The lowest BCUT2D eigenvalue weighted by Crippen LogP contribution is -1.81. The molecule has 0 aromatic carbocycles. The smallest absolute Gasteiger partial charge is 0.0228 e. The zero-order valence-corrected chi connectivity index (χ0v) is 8.80. The topological polar surface area (TPSA) is 0 Å². The van der Waals surface area contributed by atoms with Crippen LogP contribution in [0.15, 0.2) is 60.3 Å². The minimum absolute atomic E-state index is 1.16. The summed E-state index contributed by atoms with van der Waals surface area (Å²) in [4.78, 5) is 0. The summed E-state index contributed by atoms with van der Waals surface area (Å²) in [6.45, 7) is 13.6. The Hall–Kier alpha value is -1.30. The number of rotatable bonds is 4. The van der Waals surface area contributed by atoms with Crippen LogP contribution in [0.3, 0.4) is 0 Å². The van der Waals surface area contributed by atoms with Gasteiger partial charge >= 0.3 is 0 Å². The fourth-order valence-corrected chi connectivity index (χ4v) is 0.891. The maximum atomic E-state index is 3.72. The molecular weight excluding hydrogens is 156 g/mol. The van der Waals surface area contributed by atoms with Gasteiger partial charge in [0.2, 0.25) is 0 Å². The molecule has 0 fully saturated rings. The normalized spacial score (nSPS) is 14.2. The second-order valence-electron chi connectivity index (χ2n) is 2.92. The Kier molecular flexibility index (Phi) is 5.62. The first kappa shape index (κ1) is 11.7. The van der Waals surface area contributed by atoms with E-state index in [0.717, 1.165) is 5.57 Å². The molecule has 0 atom stereocenters. The van der Waals surface area contributed by atoms with Crippen LogP contribution >= 0.6 is 0 Å². The van der Waals surface area contributed by atoms with Gasteiger partial charge in [0, 0.05) is 0 Å². The Morgan fingerprint density at radius 3 is 2.15 bits per heavy atom. The van der Waals surface area contributed by atoms with Gasteiger partial charge in [-0.15, -0.1) is 0 Å². The van der Waals surface area contributed by atoms with Crippen molar-refractivity contribution < 1.29 is 0 Å². The molecule has 0 bridgehead atoms. The van der Waals surface area contributed by atoms with Gasteiger partial charge in [-0.1, -0.05) is 49.1 Å². The van der Waals surface area contributed by atoms with Crippen LogP contribution < -0.4 is 0 Å². The van der Waals surface area contributed by atoms with Crippen molar-refractivity contribution >= 4 is 0 Å². The van der Waals surface area contributed by atoms with Crippen LogP contribution in [0.4, 0.5) is 0 Å². The molecular formula is C13H18. The predicted molar refractivity (Wildman–Crippen MR) is 61.7 cm³/mol. The Morgan fingerprint density at radius 2 is 1.77 bits per heavy atom. The van der Waals surface area contributed by atoms with Gasteiger partial charge in [0.1, 0.15) is 0 Å². The molecule has 0 nitrogen and oxygen atoms in total. The van der Waals surface area contributed by atoms with E-state index in [1.165, 1.54) is 11.1 Å².